The molecular weight excluding hydrogens is 204 g/mol. The first-order valence-electron chi connectivity index (χ1n) is 5.78. The van der Waals surface area contributed by atoms with Gasteiger partial charge in [-0.25, -0.2) is 0 Å². The molecular formula is C11H18N4O. The molecule has 1 aliphatic rings. The summed E-state index contributed by atoms with van der Waals surface area (Å²) in [6, 6.07) is 0.123. The topological polar surface area (TPSA) is 72.9 Å². The van der Waals surface area contributed by atoms with Gasteiger partial charge in [0.05, 0.1) is 11.8 Å². The van der Waals surface area contributed by atoms with Crippen molar-refractivity contribution in [2.24, 2.45) is 11.7 Å². The van der Waals surface area contributed by atoms with E-state index < -0.39 is 0 Å². The number of hydrogen-bond donors (Lipinski definition) is 2. The summed E-state index contributed by atoms with van der Waals surface area (Å²) in [5, 5.41) is 7.04. The van der Waals surface area contributed by atoms with E-state index in [0.29, 0.717) is 18.0 Å². The van der Waals surface area contributed by atoms with Crippen molar-refractivity contribution in [3.63, 3.8) is 0 Å². The molecule has 1 aliphatic carbocycles. The number of nitrogens with two attached hydrogens (primary N) is 1. The van der Waals surface area contributed by atoms with Gasteiger partial charge >= 0.3 is 0 Å². The van der Waals surface area contributed by atoms with E-state index in [1.807, 2.05) is 6.92 Å². The lowest BCUT2D eigenvalue weighted by molar-refractivity contribution is 0.0933. The van der Waals surface area contributed by atoms with E-state index in [9.17, 15) is 4.79 Å². The van der Waals surface area contributed by atoms with Crippen LogP contribution in [0.5, 0.6) is 0 Å². The zero-order chi connectivity index (χ0) is 11.5. The van der Waals surface area contributed by atoms with E-state index in [-0.39, 0.29) is 11.9 Å². The monoisotopic (exact) mass is 222 g/mol. The van der Waals surface area contributed by atoms with Crippen LogP contribution in [0.15, 0.2) is 12.4 Å². The molecule has 0 bridgehead atoms. The Morgan fingerprint density at radius 3 is 3.00 bits per heavy atom. The molecule has 0 saturated heterocycles. The van der Waals surface area contributed by atoms with Gasteiger partial charge in [-0.15, -0.1) is 0 Å². The smallest absolute Gasteiger partial charge is 0.254 e. The van der Waals surface area contributed by atoms with Crippen molar-refractivity contribution in [2.45, 2.75) is 32.4 Å². The number of carbonyl (C=O) groups excluding carboxylic acids is 1. The molecule has 1 unspecified atom stereocenters. The van der Waals surface area contributed by atoms with Gasteiger partial charge in [0.25, 0.3) is 5.91 Å². The lowest BCUT2D eigenvalue weighted by atomic mass is 10.2. The summed E-state index contributed by atoms with van der Waals surface area (Å²) in [7, 11) is 0. The van der Waals surface area contributed by atoms with Crippen LogP contribution in [0.3, 0.4) is 0 Å². The first kappa shape index (κ1) is 11.1. The van der Waals surface area contributed by atoms with Crippen LogP contribution in [0.25, 0.3) is 0 Å². The highest BCUT2D eigenvalue weighted by atomic mass is 16.1. The fourth-order valence-corrected chi connectivity index (χ4v) is 1.77. The van der Waals surface area contributed by atoms with Crippen molar-refractivity contribution in [3.05, 3.63) is 18.0 Å². The molecule has 1 aromatic rings. The Kier molecular flexibility index (Phi) is 3.24. The summed E-state index contributed by atoms with van der Waals surface area (Å²) in [5.41, 5.74) is 6.25. The highest BCUT2D eigenvalue weighted by Crippen LogP contribution is 2.32. The van der Waals surface area contributed by atoms with Gasteiger partial charge in [-0.05, 0) is 25.7 Å². The van der Waals surface area contributed by atoms with Crippen LogP contribution in [0, 0.1) is 5.92 Å². The van der Waals surface area contributed by atoms with E-state index in [4.69, 9.17) is 5.73 Å². The van der Waals surface area contributed by atoms with Crippen LogP contribution in [-0.2, 0) is 6.54 Å². The van der Waals surface area contributed by atoms with Crippen molar-refractivity contribution < 1.29 is 4.79 Å². The molecule has 88 valence electrons. The van der Waals surface area contributed by atoms with Gasteiger partial charge < -0.3 is 11.1 Å². The van der Waals surface area contributed by atoms with Crippen molar-refractivity contribution in [1.82, 2.24) is 15.1 Å². The summed E-state index contributed by atoms with van der Waals surface area (Å²) in [5.74, 6) is 0.511. The molecule has 0 aliphatic heterocycles. The van der Waals surface area contributed by atoms with Crippen LogP contribution in [0.1, 0.15) is 30.1 Å². The van der Waals surface area contributed by atoms with Gasteiger partial charge in [-0.1, -0.05) is 0 Å². The Bertz CT molecular complexity index is 370. The lowest BCUT2D eigenvalue weighted by Crippen LogP contribution is -2.41. The van der Waals surface area contributed by atoms with Gasteiger partial charge in [0.2, 0.25) is 0 Å². The lowest BCUT2D eigenvalue weighted by Gasteiger charge is -2.14. The average molecular weight is 222 g/mol. The van der Waals surface area contributed by atoms with Crippen LogP contribution in [0.2, 0.25) is 0 Å². The van der Waals surface area contributed by atoms with Gasteiger partial charge in [-0.3, -0.25) is 9.48 Å². The normalized spacial score (nSPS) is 17.1. The molecule has 16 heavy (non-hydrogen) atoms. The SMILES string of the molecule is CCn1cc(C(=O)NC(CN)C2CC2)cn1. The molecule has 0 radical (unpaired) electrons. The molecule has 5 heteroatoms. The molecule has 0 spiro atoms. The van der Waals surface area contributed by atoms with E-state index >= 15 is 0 Å². The standard InChI is InChI=1S/C11H18N4O/c1-2-15-7-9(6-13-15)11(16)14-10(5-12)8-3-4-8/h6-8,10H,2-5,12H2,1H3,(H,14,16). The molecule has 2 rings (SSSR count). The minimum Gasteiger partial charge on any atom is -0.348 e. The number of hydrogen-bond acceptors (Lipinski definition) is 3. The van der Waals surface area contributed by atoms with Crippen molar-refractivity contribution >= 4 is 5.91 Å². The number of aryl methyl sites for hydroxylation is 1. The summed E-state index contributed by atoms with van der Waals surface area (Å²) in [6.07, 6.45) is 5.71. The summed E-state index contributed by atoms with van der Waals surface area (Å²) in [6.45, 7) is 3.27. The Morgan fingerprint density at radius 2 is 2.50 bits per heavy atom. The second-order valence-corrected chi connectivity index (χ2v) is 4.24. The molecule has 1 saturated carbocycles. The van der Waals surface area contributed by atoms with Gasteiger partial charge in [-0.2, -0.15) is 5.10 Å². The molecule has 1 aromatic heterocycles. The zero-order valence-electron chi connectivity index (χ0n) is 9.52. The van der Waals surface area contributed by atoms with Crippen LogP contribution in [-0.4, -0.2) is 28.3 Å². The summed E-state index contributed by atoms with van der Waals surface area (Å²) >= 11 is 0. The maximum absolute atomic E-state index is 11.9. The van der Waals surface area contributed by atoms with E-state index in [0.717, 1.165) is 6.54 Å². The summed E-state index contributed by atoms with van der Waals surface area (Å²) in [4.78, 5) is 11.9. The minimum absolute atomic E-state index is 0.0675. The van der Waals surface area contributed by atoms with E-state index in [1.165, 1.54) is 12.8 Å². The molecule has 5 nitrogen and oxygen atoms in total. The maximum atomic E-state index is 11.9. The van der Waals surface area contributed by atoms with Crippen LogP contribution < -0.4 is 11.1 Å². The van der Waals surface area contributed by atoms with Crippen molar-refractivity contribution in [2.75, 3.05) is 6.54 Å². The third kappa shape index (κ3) is 2.41. The number of nitrogens with zero attached hydrogens (tertiary/aromatic N) is 2. The van der Waals surface area contributed by atoms with Gasteiger partial charge in [0, 0.05) is 25.3 Å². The van der Waals surface area contributed by atoms with Crippen molar-refractivity contribution in [1.29, 1.82) is 0 Å². The Labute approximate surface area is 95.0 Å². The summed E-state index contributed by atoms with van der Waals surface area (Å²) < 4.78 is 1.74. The molecule has 1 amide bonds. The second kappa shape index (κ2) is 4.65. The van der Waals surface area contributed by atoms with E-state index in [1.54, 1.807) is 17.1 Å². The Hall–Kier alpha value is -1.36. The quantitative estimate of drug-likeness (QED) is 0.756. The Balaban J connectivity index is 1.95. The average Bonchev–Trinajstić information content (AvgIpc) is 3.02. The van der Waals surface area contributed by atoms with Crippen LogP contribution >= 0.6 is 0 Å². The number of aromatic nitrogens is 2. The number of amides is 1. The number of rotatable bonds is 5. The van der Waals surface area contributed by atoms with Crippen LogP contribution in [0.4, 0.5) is 0 Å². The third-order valence-corrected chi connectivity index (χ3v) is 2.98. The number of carbonyl (C=O) groups is 1. The van der Waals surface area contributed by atoms with Gasteiger partial charge in [0.1, 0.15) is 0 Å². The zero-order valence-corrected chi connectivity index (χ0v) is 9.52. The second-order valence-electron chi connectivity index (χ2n) is 4.24. The fraction of sp³-hybridized carbons (Fsp3) is 0.636. The highest BCUT2D eigenvalue weighted by Gasteiger charge is 2.31. The fourth-order valence-electron chi connectivity index (χ4n) is 1.77. The Morgan fingerprint density at radius 1 is 1.75 bits per heavy atom. The molecule has 1 atom stereocenters. The predicted octanol–water partition coefficient (Wildman–Crippen LogP) is 0.370. The number of nitrogens with one attached hydrogen (secondary N) is 1. The largest absolute Gasteiger partial charge is 0.348 e. The van der Waals surface area contributed by atoms with Crippen molar-refractivity contribution in [3.8, 4) is 0 Å². The molecule has 0 aromatic carbocycles. The third-order valence-electron chi connectivity index (χ3n) is 2.98. The van der Waals surface area contributed by atoms with E-state index in [2.05, 4.69) is 10.4 Å². The predicted molar refractivity (Wildman–Crippen MR) is 60.9 cm³/mol. The highest BCUT2D eigenvalue weighted by molar-refractivity contribution is 5.93. The minimum atomic E-state index is -0.0675. The first-order chi connectivity index (χ1) is 7.74. The molecule has 1 fully saturated rings. The molecule has 1 heterocycles. The van der Waals surface area contributed by atoms with Gasteiger partial charge in [0.15, 0.2) is 0 Å². The molecule has 3 N–H and O–H groups in total. The maximum Gasteiger partial charge on any atom is 0.254 e. The first-order valence-corrected chi connectivity index (χ1v) is 5.78.